The molecule has 0 fully saturated rings. The number of benzene rings is 1. The monoisotopic (exact) mass is 239 g/mol. The van der Waals surface area contributed by atoms with E-state index in [1.807, 2.05) is 12.1 Å². The first-order valence-corrected chi connectivity index (χ1v) is 6.10. The Hall–Kier alpha value is -2.28. The van der Waals surface area contributed by atoms with E-state index in [0.717, 1.165) is 36.9 Å². The Labute approximate surface area is 105 Å². The van der Waals surface area contributed by atoms with Gasteiger partial charge in [-0.2, -0.15) is 10.4 Å². The minimum Gasteiger partial charge on any atom is -0.506 e. The third kappa shape index (κ3) is 1.56. The molecule has 0 saturated carbocycles. The maximum atomic E-state index is 9.90. The summed E-state index contributed by atoms with van der Waals surface area (Å²) in [5, 5.41) is 23.4. The molecule has 4 heteroatoms. The molecular weight excluding hydrogens is 226 g/mol. The number of fused-ring (bicyclic) bond motifs is 1. The molecule has 1 aromatic heterocycles. The summed E-state index contributed by atoms with van der Waals surface area (Å²) in [7, 11) is 0. The van der Waals surface area contributed by atoms with Crippen molar-refractivity contribution in [3.63, 3.8) is 0 Å². The van der Waals surface area contributed by atoms with Gasteiger partial charge in [0.05, 0.1) is 0 Å². The van der Waals surface area contributed by atoms with Crippen LogP contribution in [0.4, 0.5) is 0 Å². The molecule has 90 valence electrons. The quantitative estimate of drug-likeness (QED) is 0.830. The highest BCUT2D eigenvalue weighted by atomic mass is 16.3. The number of phenolic OH excluding ortho intramolecular Hbond substituents is 1. The largest absolute Gasteiger partial charge is 0.506 e. The van der Waals surface area contributed by atoms with Crippen molar-refractivity contribution in [3.05, 3.63) is 41.2 Å². The Bertz CT molecular complexity index is 637. The molecule has 1 heterocycles. The molecule has 0 spiro atoms. The number of nitrogens with zero attached hydrogens (tertiary/aromatic N) is 3. The number of phenols is 1. The predicted octanol–water partition coefficient (Wildman–Crippen LogP) is 2.33. The highest BCUT2D eigenvalue weighted by Gasteiger charge is 2.22. The van der Waals surface area contributed by atoms with Crippen LogP contribution in [-0.4, -0.2) is 14.9 Å². The molecule has 1 aliphatic carbocycles. The number of hydrogen-bond donors (Lipinski definition) is 1. The van der Waals surface area contributed by atoms with Crippen LogP contribution in [0, 0.1) is 11.3 Å². The molecule has 0 unspecified atom stereocenters. The second-order valence-corrected chi connectivity index (χ2v) is 4.49. The van der Waals surface area contributed by atoms with Gasteiger partial charge in [-0.1, -0.05) is 12.1 Å². The predicted molar refractivity (Wildman–Crippen MR) is 66.6 cm³/mol. The van der Waals surface area contributed by atoms with Crippen molar-refractivity contribution >= 4 is 0 Å². The van der Waals surface area contributed by atoms with E-state index in [0.29, 0.717) is 11.4 Å². The number of aromatic nitrogens is 2. The molecule has 18 heavy (non-hydrogen) atoms. The lowest BCUT2D eigenvalue weighted by molar-refractivity contribution is 0.469. The van der Waals surface area contributed by atoms with Crippen LogP contribution in [0.3, 0.4) is 0 Å². The molecular formula is C14H13N3O. The van der Waals surface area contributed by atoms with Crippen LogP contribution in [0.25, 0.3) is 5.69 Å². The smallest absolute Gasteiger partial charge is 0.166 e. The van der Waals surface area contributed by atoms with E-state index in [4.69, 9.17) is 5.26 Å². The Morgan fingerprint density at radius 3 is 2.78 bits per heavy atom. The number of nitriles is 1. The fourth-order valence-electron chi connectivity index (χ4n) is 2.53. The van der Waals surface area contributed by atoms with Crippen molar-refractivity contribution in [2.45, 2.75) is 25.7 Å². The maximum Gasteiger partial charge on any atom is 0.166 e. The molecule has 1 aliphatic rings. The topological polar surface area (TPSA) is 61.8 Å². The number of rotatable bonds is 1. The van der Waals surface area contributed by atoms with Crippen molar-refractivity contribution in [3.8, 4) is 17.5 Å². The second kappa shape index (κ2) is 4.19. The van der Waals surface area contributed by atoms with Crippen LogP contribution in [0.5, 0.6) is 5.75 Å². The fourth-order valence-corrected chi connectivity index (χ4v) is 2.53. The van der Waals surface area contributed by atoms with Gasteiger partial charge in [-0.25, -0.2) is 4.68 Å². The summed E-state index contributed by atoms with van der Waals surface area (Å²) in [4.78, 5) is 0. The summed E-state index contributed by atoms with van der Waals surface area (Å²) in [5.41, 5.74) is 3.26. The van der Waals surface area contributed by atoms with Gasteiger partial charge in [-0.05, 0) is 37.8 Å². The van der Waals surface area contributed by atoms with Gasteiger partial charge < -0.3 is 5.11 Å². The lowest BCUT2D eigenvalue weighted by Gasteiger charge is -2.14. The first kappa shape index (κ1) is 10.8. The molecule has 0 saturated heterocycles. The van der Waals surface area contributed by atoms with Gasteiger partial charge >= 0.3 is 0 Å². The first-order chi connectivity index (χ1) is 8.81. The van der Waals surface area contributed by atoms with E-state index in [1.54, 1.807) is 16.8 Å². The summed E-state index contributed by atoms with van der Waals surface area (Å²) in [5.74, 6) is 0.192. The van der Waals surface area contributed by atoms with E-state index in [-0.39, 0.29) is 5.75 Å². The van der Waals surface area contributed by atoms with Crippen LogP contribution >= 0.6 is 0 Å². The molecule has 3 rings (SSSR count). The molecule has 0 bridgehead atoms. The second-order valence-electron chi connectivity index (χ2n) is 4.49. The Kier molecular flexibility index (Phi) is 2.52. The zero-order valence-electron chi connectivity index (χ0n) is 9.93. The van der Waals surface area contributed by atoms with E-state index in [1.165, 1.54) is 0 Å². The van der Waals surface area contributed by atoms with Gasteiger partial charge in [0.1, 0.15) is 17.5 Å². The van der Waals surface area contributed by atoms with Gasteiger partial charge in [0.2, 0.25) is 0 Å². The SMILES string of the molecule is N#Cc1nn(-c2ccccc2O)c2c1CCCC2. The van der Waals surface area contributed by atoms with E-state index >= 15 is 0 Å². The van der Waals surface area contributed by atoms with E-state index in [2.05, 4.69) is 11.2 Å². The highest BCUT2D eigenvalue weighted by Crippen LogP contribution is 2.29. The van der Waals surface area contributed by atoms with Crippen LogP contribution < -0.4 is 0 Å². The summed E-state index contributed by atoms with van der Waals surface area (Å²) in [6, 6.07) is 9.24. The molecule has 0 radical (unpaired) electrons. The molecule has 2 aromatic rings. The minimum absolute atomic E-state index is 0.192. The lowest BCUT2D eigenvalue weighted by atomic mass is 9.96. The van der Waals surface area contributed by atoms with Crippen LogP contribution in [0.2, 0.25) is 0 Å². The van der Waals surface area contributed by atoms with Gasteiger partial charge in [0, 0.05) is 11.3 Å². The minimum atomic E-state index is 0.192. The van der Waals surface area contributed by atoms with Gasteiger partial charge in [0.15, 0.2) is 5.69 Å². The summed E-state index contributed by atoms with van der Waals surface area (Å²) in [6.07, 6.45) is 4.04. The van der Waals surface area contributed by atoms with E-state index < -0.39 is 0 Å². The van der Waals surface area contributed by atoms with Crippen LogP contribution in [0.1, 0.15) is 29.8 Å². The van der Waals surface area contributed by atoms with Gasteiger partial charge in [0.25, 0.3) is 0 Å². The van der Waals surface area contributed by atoms with Crippen molar-refractivity contribution < 1.29 is 5.11 Å². The maximum absolute atomic E-state index is 9.90. The Morgan fingerprint density at radius 1 is 1.22 bits per heavy atom. The lowest BCUT2D eigenvalue weighted by Crippen LogP contribution is -2.07. The zero-order chi connectivity index (χ0) is 12.5. The van der Waals surface area contributed by atoms with Crippen LogP contribution in [0.15, 0.2) is 24.3 Å². The third-order valence-electron chi connectivity index (χ3n) is 3.40. The van der Waals surface area contributed by atoms with Crippen molar-refractivity contribution in [2.24, 2.45) is 0 Å². The molecule has 4 nitrogen and oxygen atoms in total. The Morgan fingerprint density at radius 2 is 2.00 bits per heavy atom. The van der Waals surface area contributed by atoms with Crippen molar-refractivity contribution in [1.29, 1.82) is 5.26 Å². The molecule has 1 N–H and O–H groups in total. The molecule has 0 atom stereocenters. The summed E-state index contributed by atoms with van der Waals surface area (Å²) >= 11 is 0. The van der Waals surface area contributed by atoms with Gasteiger partial charge in [-0.15, -0.1) is 0 Å². The highest BCUT2D eigenvalue weighted by molar-refractivity contribution is 5.49. The van der Waals surface area contributed by atoms with Crippen molar-refractivity contribution in [2.75, 3.05) is 0 Å². The average molecular weight is 239 g/mol. The Balaban J connectivity index is 2.22. The van der Waals surface area contributed by atoms with Crippen LogP contribution in [-0.2, 0) is 12.8 Å². The molecule has 0 amide bonds. The number of aromatic hydroxyl groups is 1. The zero-order valence-corrected chi connectivity index (χ0v) is 9.93. The van der Waals surface area contributed by atoms with E-state index in [9.17, 15) is 5.11 Å². The molecule has 1 aromatic carbocycles. The first-order valence-electron chi connectivity index (χ1n) is 6.10. The standard InChI is InChI=1S/C14H13N3O/c15-9-11-10-5-1-2-6-12(10)17(16-11)13-7-3-4-8-14(13)18/h3-4,7-8,18H,1-2,5-6H2. The molecule has 0 aliphatic heterocycles. The number of hydrogen-bond acceptors (Lipinski definition) is 3. The average Bonchev–Trinajstić information content (AvgIpc) is 2.78. The van der Waals surface area contributed by atoms with Gasteiger partial charge in [-0.3, -0.25) is 0 Å². The van der Waals surface area contributed by atoms with Crippen molar-refractivity contribution in [1.82, 2.24) is 9.78 Å². The summed E-state index contributed by atoms with van der Waals surface area (Å²) in [6.45, 7) is 0. The normalized spacial score (nSPS) is 13.9. The summed E-state index contributed by atoms with van der Waals surface area (Å²) < 4.78 is 1.72. The number of para-hydroxylation sites is 2. The third-order valence-corrected chi connectivity index (χ3v) is 3.40. The fraction of sp³-hybridized carbons (Fsp3) is 0.286.